The Hall–Kier alpha value is -2.93. The number of rotatable bonds is 5. The number of pyridine rings is 1. The smallest absolute Gasteiger partial charge is 0.269 e. The Balaban J connectivity index is 1.80. The monoisotopic (exact) mass is 326 g/mol. The van der Waals surface area contributed by atoms with E-state index in [9.17, 15) is 9.59 Å². The number of hydroxylamine groups is 1. The van der Waals surface area contributed by atoms with E-state index in [2.05, 4.69) is 15.3 Å². The molecule has 0 aliphatic rings. The van der Waals surface area contributed by atoms with Crippen LogP contribution in [0, 0.1) is 6.92 Å². The molecule has 7 heteroatoms. The van der Waals surface area contributed by atoms with Crippen LogP contribution in [0.1, 0.15) is 29.0 Å². The molecule has 0 radical (unpaired) electrons. The molecule has 3 aromatic rings. The summed E-state index contributed by atoms with van der Waals surface area (Å²) in [5, 5.41) is 13.2. The van der Waals surface area contributed by atoms with Crippen molar-refractivity contribution < 1.29 is 14.8 Å². The molecule has 0 aliphatic heterocycles. The number of para-hydroxylation sites is 1. The maximum Gasteiger partial charge on any atom is 0.269 e. The highest BCUT2D eigenvalue weighted by atomic mass is 16.5. The third-order valence-corrected chi connectivity index (χ3v) is 3.90. The number of H-pyrrole nitrogens is 1. The second kappa shape index (κ2) is 6.67. The lowest BCUT2D eigenvalue weighted by Gasteiger charge is -2.06. The number of aromatic nitrogens is 2. The molecule has 0 aliphatic carbocycles. The molecule has 124 valence electrons. The van der Waals surface area contributed by atoms with Crippen molar-refractivity contribution in [3.05, 3.63) is 41.7 Å². The van der Waals surface area contributed by atoms with Crippen molar-refractivity contribution in [2.45, 2.75) is 19.8 Å². The lowest BCUT2D eigenvalue weighted by Crippen LogP contribution is -2.27. The molecule has 3 rings (SSSR count). The van der Waals surface area contributed by atoms with E-state index in [1.165, 1.54) is 0 Å². The fourth-order valence-electron chi connectivity index (χ4n) is 2.72. The predicted molar refractivity (Wildman–Crippen MR) is 89.8 cm³/mol. The lowest BCUT2D eigenvalue weighted by molar-refractivity contribution is -0.129. The quantitative estimate of drug-likeness (QED) is 0.327. The maximum absolute atomic E-state index is 12.3. The van der Waals surface area contributed by atoms with E-state index in [1.807, 2.05) is 31.2 Å². The van der Waals surface area contributed by atoms with Crippen molar-refractivity contribution in [1.82, 2.24) is 20.8 Å². The summed E-state index contributed by atoms with van der Waals surface area (Å²) < 4.78 is 0. The number of fused-ring (bicyclic) bond motifs is 3. The Kier molecular flexibility index (Phi) is 4.43. The van der Waals surface area contributed by atoms with Gasteiger partial charge in [0.2, 0.25) is 5.91 Å². The zero-order valence-corrected chi connectivity index (χ0v) is 13.2. The third kappa shape index (κ3) is 3.07. The van der Waals surface area contributed by atoms with Crippen LogP contribution in [0.3, 0.4) is 0 Å². The minimum absolute atomic E-state index is 0.144. The van der Waals surface area contributed by atoms with Gasteiger partial charge in [-0.15, -0.1) is 0 Å². The summed E-state index contributed by atoms with van der Waals surface area (Å²) in [5.41, 5.74) is 4.59. The minimum atomic E-state index is -0.474. The van der Waals surface area contributed by atoms with Gasteiger partial charge < -0.3 is 10.3 Å². The molecule has 4 N–H and O–H groups in total. The van der Waals surface area contributed by atoms with Crippen LogP contribution in [-0.4, -0.2) is 33.5 Å². The first-order chi connectivity index (χ1) is 11.6. The molecular weight excluding hydrogens is 308 g/mol. The molecule has 0 unspecified atom stereocenters. The number of aromatic amines is 1. The van der Waals surface area contributed by atoms with Crippen molar-refractivity contribution in [3.63, 3.8) is 0 Å². The van der Waals surface area contributed by atoms with Gasteiger partial charge in [0.15, 0.2) is 0 Å². The number of aryl methyl sites for hydroxylation is 1. The van der Waals surface area contributed by atoms with E-state index < -0.39 is 5.91 Å². The van der Waals surface area contributed by atoms with Crippen molar-refractivity contribution in [1.29, 1.82) is 0 Å². The first-order valence-electron chi connectivity index (χ1n) is 7.69. The number of carbonyl (C=O) groups excluding carboxylic acids is 2. The van der Waals surface area contributed by atoms with E-state index in [4.69, 9.17) is 5.21 Å². The van der Waals surface area contributed by atoms with E-state index >= 15 is 0 Å². The fraction of sp³-hybridized carbons (Fsp3) is 0.235. The van der Waals surface area contributed by atoms with Crippen molar-refractivity contribution in [2.24, 2.45) is 0 Å². The van der Waals surface area contributed by atoms with E-state index in [0.29, 0.717) is 18.7 Å². The van der Waals surface area contributed by atoms with Gasteiger partial charge in [-0.05, 0) is 25.5 Å². The standard InChI is InChI=1S/C17H18N4O3/c1-10-16-12(11-5-2-3-6-13(11)20-16)9-14(19-10)17(23)18-8-4-7-15(22)21-24/h2-3,5-6,9,20,24H,4,7-8H2,1H3,(H,18,23)(H,21,22). The summed E-state index contributed by atoms with van der Waals surface area (Å²) >= 11 is 0. The number of carbonyl (C=O) groups is 2. The molecule has 24 heavy (non-hydrogen) atoms. The number of nitrogens with zero attached hydrogens (tertiary/aromatic N) is 1. The Labute approximate surface area is 138 Å². The molecule has 7 nitrogen and oxygen atoms in total. The van der Waals surface area contributed by atoms with Crippen LogP contribution in [0.25, 0.3) is 21.8 Å². The Bertz CT molecular complexity index is 917. The van der Waals surface area contributed by atoms with Gasteiger partial charge in [0.1, 0.15) is 5.69 Å². The average Bonchev–Trinajstić information content (AvgIpc) is 2.97. The van der Waals surface area contributed by atoms with Gasteiger partial charge in [0.05, 0.1) is 11.2 Å². The van der Waals surface area contributed by atoms with E-state index in [-0.39, 0.29) is 12.3 Å². The summed E-state index contributed by atoms with van der Waals surface area (Å²) in [6, 6.07) is 9.67. The summed E-state index contributed by atoms with van der Waals surface area (Å²) in [5.74, 6) is -0.756. The fourth-order valence-corrected chi connectivity index (χ4v) is 2.72. The molecule has 2 heterocycles. The van der Waals surface area contributed by atoms with Crippen LogP contribution in [0.2, 0.25) is 0 Å². The van der Waals surface area contributed by atoms with Crippen LogP contribution in [0.5, 0.6) is 0 Å². The van der Waals surface area contributed by atoms with Crippen molar-refractivity contribution in [2.75, 3.05) is 6.54 Å². The Morgan fingerprint density at radius 3 is 2.83 bits per heavy atom. The second-order valence-corrected chi connectivity index (χ2v) is 5.58. The molecule has 2 aromatic heterocycles. The zero-order chi connectivity index (χ0) is 17.1. The van der Waals surface area contributed by atoms with Gasteiger partial charge in [0.25, 0.3) is 5.91 Å². The Morgan fingerprint density at radius 2 is 2.04 bits per heavy atom. The van der Waals surface area contributed by atoms with Gasteiger partial charge >= 0.3 is 0 Å². The first-order valence-corrected chi connectivity index (χ1v) is 7.69. The van der Waals surface area contributed by atoms with E-state index in [0.717, 1.165) is 27.5 Å². The number of amides is 2. The molecule has 0 fully saturated rings. The largest absolute Gasteiger partial charge is 0.353 e. The van der Waals surface area contributed by atoms with Crippen LogP contribution >= 0.6 is 0 Å². The highest BCUT2D eigenvalue weighted by molar-refractivity contribution is 6.10. The molecule has 0 spiro atoms. The molecule has 2 amide bonds. The lowest BCUT2D eigenvalue weighted by atomic mass is 10.1. The zero-order valence-electron chi connectivity index (χ0n) is 13.2. The topological polar surface area (TPSA) is 107 Å². The SMILES string of the molecule is Cc1nc(C(=O)NCCCC(=O)NO)cc2c1[nH]c1ccccc12. The van der Waals surface area contributed by atoms with Gasteiger partial charge in [-0.3, -0.25) is 14.8 Å². The highest BCUT2D eigenvalue weighted by Gasteiger charge is 2.13. The summed E-state index contributed by atoms with van der Waals surface area (Å²) in [7, 11) is 0. The summed E-state index contributed by atoms with van der Waals surface area (Å²) in [4.78, 5) is 30.9. The Morgan fingerprint density at radius 1 is 1.25 bits per heavy atom. The van der Waals surface area contributed by atoms with Gasteiger partial charge in [-0.2, -0.15) is 0 Å². The van der Waals surface area contributed by atoms with Crippen molar-refractivity contribution >= 4 is 33.6 Å². The van der Waals surface area contributed by atoms with Crippen LogP contribution in [-0.2, 0) is 4.79 Å². The summed E-state index contributed by atoms with van der Waals surface area (Å²) in [6.07, 6.45) is 0.581. The average molecular weight is 326 g/mol. The normalized spacial score (nSPS) is 10.9. The van der Waals surface area contributed by atoms with Gasteiger partial charge in [0, 0.05) is 29.3 Å². The van der Waals surface area contributed by atoms with Gasteiger partial charge in [-0.1, -0.05) is 18.2 Å². The number of benzene rings is 1. The molecular formula is C17H18N4O3. The maximum atomic E-state index is 12.3. The molecule has 0 saturated heterocycles. The van der Waals surface area contributed by atoms with E-state index in [1.54, 1.807) is 11.5 Å². The number of hydrogen-bond donors (Lipinski definition) is 4. The first kappa shape index (κ1) is 15.9. The third-order valence-electron chi connectivity index (χ3n) is 3.90. The highest BCUT2D eigenvalue weighted by Crippen LogP contribution is 2.27. The minimum Gasteiger partial charge on any atom is -0.353 e. The van der Waals surface area contributed by atoms with Crippen LogP contribution in [0.15, 0.2) is 30.3 Å². The van der Waals surface area contributed by atoms with Crippen molar-refractivity contribution in [3.8, 4) is 0 Å². The number of nitrogens with one attached hydrogen (secondary N) is 3. The molecule has 0 bridgehead atoms. The summed E-state index contributed by atoms with van der Waals surface area (Å²) in [6.45, 7) is 2.19. The van der Waals surface area contributed by atoms with Gasteiger partial charge in [-0.25, -0.2) is 10.5 Å². The second-order valence-electron chi connectivity index (χ2n) is 5.58. The molecule has 1 aromatic carbocycles. The number of hydrogen-bond acceptors (Lipinski definition) is 4. The molecule has 0 saturated carbocycles. The molecule has 0 atom stereocenters. The van der Waals surface area contributed by atoms with Crippen LogP contribution in [0.4, 0.5) is 0 Å². The van der Waals surface area contributed by atoms with Crippen LogP contribution < -0.4 is 10.8 Å². The predicted octanol–water partition coefficient (Wildman–Crippen LogP) is 2.04.